The minimum atomic E-state index is -0.861. The van der Waals surface area contributed by atoms with E-state index in [1.807, 2.05) is 0 Å². The van der Waals surface area contributed by atoms with Crippen LogP contribution in [0.5, 0.6) is 0 Å². The Bertz CT molecular complexity index is 584. The van der Waals surface area contributed by atoms with Gasteiger partial charge in [-0.1, -0.05) is 13.8 Å². The van der Waals surface area contributed by atoms with Crippen molar-refractivity contribution in [3.05, 3.63) is 11.6 Å². The number of fused-ring (bicyclic) bond motifs is 5. The first-order valence-electron chi connectivity index (χ1n) is 9.06. The molecule has 0 saturated heterocycles. The van der Waals surface area contributed by atoms with Crippen LogP contribution in [0.25, 0.3) is 0 Å². The molecular weight excluding hydrogens is 292 g/mol. The van der Waals surface area contributed by atoms with Crippen LogP contribution in [0.2, 0.25) is 0 Å². The van der Waals surface area contributed by atoms with Crippen LogP contribution in [0.1, 0.15) is 58.8 Å². The third-order valence-electron chi connectivity index (χ3n) is 7.91. The molecule has 0 amide bonds. The molecule has 128 valence electrons. The second-order valence-electron chi connectivity index (χ2n) is 9.00. The van der Waals surface area contributed by atoms with Crippen LogP contribution >= 0.6 is 0 Å². The summed E-state index contributed by atoms with van der Waals surface area (Å²) in [6.07, 6.45) is 5.62. The van der Waals surface area contributed by atoms with Gasteiger partial charge in [-0.25, -0.2) is 0 Å². The molecule has 0 bridgehead atoms. The van der Waals surface area contributed by atoms with Crippen LogP contribution in [0.3, 0.4) is 0 Å². The van der Waals surface area contributed by atoms with Gasteiger partial charge >= 0.3 is 0 Å². The van der Waals surface area contributed by atoms with Crippen molar-refractivity contribution in [2.24, 2.45) is 22.7 Å². The van der Waals surface area contributed by atoms with Crippen LogP contribution in [-0.4, -0.2) is 38.9 Å². The smallest absolute Gasteiger partial charge is 0.159 e. The molecule has 0 heterocycles. The second kappa shape index (κ2) is 4.68. The van der Waals surface area contributed by atoms with Crippen LogP contribution < -0.4 is 0 Å². The van der Waals surface area contributed by atoms with E-state index in [2.05, 4.69) is 13.8 Å². The molecule has 3 N–H and O–H groups in total. The maximum absolute atomic E-state index is 12.8. The number of rotatable bonds is 0. The Morgan fingerprint density at radius 3 is 2.57 bits per heavy atom. The van der Waals surface area contributed by atoms with Crippen molar-refractivity contribution < 1.29 is 20.1 Å². The molecule has 4 heteroatoms. The van der Waals surface area contributed by atoms with Gasteiger partial charge in [-0.2, -0.15) is 0 Å². The van der Waals surface area contributed by atoms with E-state index in [1.54, 1.807) is 6.08 Å². The van der Waals surface area contributed by atoms with Gasteiger partial charge in [0, 0.05) is 11.3 Å². The summed E-state index contributed by atoms with van der Waals surface area (Å²) in [7, 11) is 0. The van der Waals surface area contributed by atoms with E-state index in [0.29, 0.717) is 12.8 Å². The fraction of sp³-hybridized carbons (Fsp3) is 0.842. The van der Waals surface area contributed by atoms with Crippen molar-refractivity contribution in [2.75, 3.05) is 0 Å². The lowest BCUT2D eigenvalue weighted by Crippen LogP contribution is -2.59. The lowest BCUT2D eigenvalue weighted by Gasteiger charge is -2.59. The Hall–Kier alpha value is -0.710. The van der Waals surface area contributed by atoms with E-state index < -0.39 is 17.8 Å². The van der Waals surface area contributed by atoms with E-state index in [9.17, 15) is 20.1 Å². The minimum Gasteiger partial charge on any atom is -0.390 e. The first-order chi connectivity index (χ1) is 10.7. The molecule has 3 fully saturated rings. The molecule has 4 rings (SSSR count). The number of hydrogen-bond donors (Lipinski definition) is 3. The van der Waals surface area contributed by atoms with Gasteiger partial charge in [0.05, 0.1) is 17.8 Å². The maximum atomic E-state index is 12.8. The van der Waals surface area contributed by atoms with E-state index in [4.69, 9.17) is 0 Å². The van der Waals surface area contributed by atoms with E-state index in [1.165, 1.54) is 0 Å². The lowest BCUT2D eigenvalue weighted by molar-refractivity contribution is -0.150. The number of allylic oxidation sites excluding steroid dienone is 1. The van der Waals surface area contributed by atoms with Crippen molar-refractivity contribution in [2.45, 2.75) is 76.6 Å². The quantitative estimate of drug-likeness (QED) is 0.638. The molecule has 4 aliphatic rings. The highest BCUT2D eigenvalue weighted by Gasteiger charge is 2.63. The van der Waals surface area contributed by atoms with E-state index in [0.717, 1.165) is 37.7 Å². The highest BCUT2D eigenvalue weighted by Crippen LogP contribution is 2.65. The molecule has 7 atom stereocenters. The van der Waals surface area contributed by atoms with Crippen molar-refractivity contribution in [1.29, 1.82) is 0 Å². The average Bonchev–Trinajstić information content (AvgIpc) is 2.78. The molecule has 23 heavy (non-hydrogen) atoms. The Labute approximate surface area is 137 Å². The average molecular weight is 320 g/mol. The Kier molecular flexibility index (Phi) is 3.21. The number of aliphatic hydroxyl groups is 3. The number of carbonyl (C=O) groups excluding carboxylic acids is 1. The Morgan fingerprint density at radius 1 is 1.09 bits per heavy atom. The van der Waals surface area contributed by atoms with Crippen molar-refractivity contribution in [1.82, 2.24) is 0 Å². The Morgan fingerprint density at radius 2 is 1.83 bits per heavy atom. The summed E-state index contributed by atoms with van der Waals surface area (Å²) in [4.78, 5) is 12.8. The molecule has 2 unspecified atom stereocenters. The normalized spacial score (nSPS) is 55.7. The SMILES string of the molecule is C[C@]12C[C@H](O)[C@H](O)CC1C(=O)C=C1C2CC[C@]2(C)CCC[C@@]12O. The Balaban J connectivity index is 1.81. The molecule has 0 spiro atoms. The largest absolute Gasteiger partial charge is 0.390 e. The highest BCUT2D eigenvalue weighted by molar-refractivity contribution is 5.95. The highest BCUT2D eigenvalue weighted by atomic mass is 16.3. The van der Waals surface area contributed by atoms with Gasteiger partial charge < -0.3 is 15.3 Å². The lowest BCUT2D eigenvalue weighted by atomic mass is 9.47. The van der Waals surface area contributed by atoms with E-state index in [-0.39, 0.29) is 28.4 Å². The van der Waals surface area contributed by atoms with Gasteiger partial charge in [-0.3, -0.25) is 4.79 Å². The first kappa shape index (κ1) is 15.8. The zero-order valence-electron chi connectivity index (χ0n) is 14.1. The summed E-state index contributed by atoms with van der Waals surface area (Å²) >= 11 is 0. The monoisotopic (exact) mass is 320 g/mol. The maximum Gasteiger partial charge on any atom is 0.159 e. The second-order valence-corrected chi connectivity index (χ2v) is 9.00. The van der Waals surface area contributed by atoms with Crippen LogP contribution in [0.4, 0.5) is 0 Å². The molecule has 3 saturated carbocycles. The molecule has 0 aromatic heterocycles. The summed E-state index contributed by atoms with van der Waals surface area (Å²) in [5.74, 6) is -0.0539. The van der Waals surface area contributed by atoms with Gasteiger partial charge in [0.1, 0.15) is 0 Å². The summed E-state index contributed by atoms with van der Waals surface area (Å²) in [6, 6.07) is 0. The van der Waals surface area contributed by atoms with Gasteiger partial charge in [-0.05, 0) is 67.9 Å². The van der Waals surface area contributed by atoms with Gasteiger partial charge in [0.15, 0.2) is 5.78 Å². The summed E-state index contributed by atoms with van der Waals surface area (Å²) in [6.45, 7) is 4.25. The van der Waals surface area contributed by atoms with Crippen molar-refractivity contribution >= 4 is 5.78 Å². The number of hydrogen-bond acceptors (Lipinski definition) is 4. The number of aliphatic hydroxyl groups excluding tert-OH is 2. The topological polar surface area (TPSA) is 77.8 Å². The summed E-state index contributed by atoms with van der Waals surface area (Å²) < 4.78 is 0. The molecule has 0 aromatic rings. The van der Waals surface area contributed by atoms with Gasteiger partial charge in [-0.15, -0.1) is 0 Å². The molecule has 0 radical (unpaired) electrons. The fourth-order valence-corrected chi connectivity index (χ4v) is 6.36. The van der Waals surface area contributed by atoms with Crippen molar-refractivity contribution in [3.8, 4) is 0 Å². The molecular formula is C19H28O4. The van der Waals surface area contributed by atoms with Gasteiger partial charge in [0.2, 0.25) is 0 Å². The third-order valence-corrected chi connectivity index (χ3v) is 7.91. The zero-order chi connectivity index (χ0) is 16.6. The zero-order valence-corrected chi connectivity index (χ0v) is 14.1. The molecule has 4 nitrogen and oxygen atoms in total. The summed E-state index contributed by atoms with van der Waals surface area (Å²) in [5.41, 5.74) is -0.401. The minimum absolute atomic E-state index is 0.0364. The predicted octanol–water partition coefficient (Wildman–Crippen LogP) is 1.96. The fourth-order valence-electron chi connectivity index (χ4n) is 6.36. The number of ketones is 1. The third kappa shape index (κ3) is 1.86. The van der Waals surface area contributed by atoms with Crippen LogP contribution in [0, 0.1) is 22.7 Å². The van der Waals surface area contributed by atoms with E-state index >= 15 is 0 Å². The molecule has 0 aliphatic heterocycles. The van der Waals surface area contributed by atoms with Gasteiger partial charge in [0.25, 0.3) is 0 Å². The molecule has 4 aliphatic carbocycles. The standard InChI is InChI=1S/C19H28O4/c1-17-5-3-6-19(17,23)12-8-14(20)13-9-15(21)16(22)10-18(13,2)11(12)4-7-17/h8,11,13,15-16,21-23H,3-7,9-10H2,1-2H3/t11?,13?,15-,16+,17+,18-,19-/m1/s1. The van der Waals surface area contributed by atoms with Crippen LogP contribution in [-0.2, 0) is 4.79 Å². The van der Waals surface area contributed by atoms with Crippen molar-refractivity contribution in [3.63, 3.8) is 0 Å². The molecule has 0 aromatic carbocycles. The number of carbonyl (C=O) groups is 1. The van der Waals surface area contributed by atoms with Crippen LogP contribution in [0.15, 0.2) is 11.6 Å². The predicted molar refractivity (Wildman–Crippen MR) is 85.6 cm³/mol. The first-order valence-corrected chi connectivity index (χ1v) is 9.06. The summed E-state index contributed by atoms with van der Waals surface area (Å²) in [5, 5.41) is 31.7.